The van der Waals surface area contributed by atoms with Gasteiger partial charge in [-0.25, -0.2) is 0 Å². The highest BCUT2D eigenvalue weighted by Crippen LogP contribution is 2.76. The van der Waals surface area contributed by atoms with Gasteiger partial charge in [-0.3, -0.25) is 0 Å². The fraction of sp³-hybridized carbons (Fsp3) is 0.700. The van der Waals surface area contributed by atoms with Crippen LogP contribution in [0.4, 0.5) is 0 Å². The van der Waals surface area contributed by atoms with Gasteiger partial charge in [-0.15, -0.1) is 0 Å². The van der Waals surface area contributed by atoms with E-state index in [0.29, 0.717) is 11.2 Å². The topological polar surface area (TPSA) is 20.2 Å². The molecule has 0 spiro atoms. The van der Waals surface area contributed by atoms with Crippen LogP contribution in [0.2, 0.25) is 0 Å². The maximum absolute atomic E-state index is 9.97. The number of rotatable bonds is 1. The maximum atomic E-state index is 9.97. The van der Waals surface area contributed by atoms with Gasteiger partial charge in [-0.2, -0.15) is 0 Å². The molecule has 7 fully saturated rings. The van der Waals surface area contributed by atoms with Crippen molar-refractivity contribution in [1.82, 2.24) is 0 Å². The van der Waals surface area contributed by atoms with Crippen molar-refractivity contribution in [3.8, 4) is 5.75 Å². The van der Waals surface area contributed by atoms with Crippen molar-refractivity contribution in [1.29, 1.82) is 0 Å². The van der Waals surface area contributed by atoms with Gasteiger partial charge in [0.15, 0.2) is 0 Å². The van der Waals surface area contributed by atoms with E-state index in [1.165, 1.54) is 19.3 Å². The second kappa shape index (κ2) is 4.04. The standard InChI is InChI=1S/C20H23IO/c21-18-8-12(1-2-19(18)22)20-9-11-4-14-13-3-10(6-16(14)20)7-17(20)15(13)5-11/h1-2,8,10-11,13-17,22H,3-7,9H2. The van der Waals surface area contributed by atoms with Crippen molar-refractivity contribution in [3.05, 3.63) is 27.3 Å². The molecule has 8 rings (SSSR count). The summed E-state index contributed by atoms with van der Waals surface area (Å²) in [6, 6.07) is 6.58. The van der Waals surface area contributed by atoms with Gasteiger partial charge in [0, 0.05) is 5.41 Å². The van der Waals surface area contributed by atoms with E-state index in [0.717, 1.165) is 45.0 Å². The summed E-state index contributed by atoms with van der Waals surface area (Å²) in [5, 5.41) is 9.97. The van der Waals surface area contributed by atoms with Crippen LogP contribution in [0, 0.1) is 45.0 Å². The molecule has 7 saturated carbocycles. The number of hydrogen-bond donors (Lipinski definition) is 1. The molecule has 8 bridgehead atoms. The highest BCUT2D eigenvalue weighted by molar-refractivity contribution is 14.1. The van der Waals surface area contributed by atoms with Gasteiger partial charge in [0.05, 0.1) is 3.57 Å². The number of benzene rings is 1. The van der Waals surface area contributed by atoms with Crippen LogP contribution >= 0.6 is 22.6 Å². The molecular formula is C20H23IO. The van der Waals surface area contributed by atoms with Crippen molar-refractivity contribution >= 4 is 22.6 Å². The van der Waals surface area contributed by atoms with Gasteiger partial charge in [0.25, 0.3) is 0 Å². The Bertz CT molecular complexity index is 644. The van der Waals surface area contributed by atoms with Crippen molar-refractivity contribution in [2.75, 3.05) is 0 Å². The van der Waals surface area contributed by atoms with E-state index in [1.54, 1.807) is 24.8 Å². The first-order chi connectivity index (χ1) is 10.7. The Kier molecular flexibility index (Phi) is 2.40. The van der Waals surface area contributed by atoms with Gasteiger partial charge in [0.1, 0.15) is 5.75 Å². The van der Waals surface area contributed by atoms with Crippen LogP contribution in [0.3, 0.4) is 0 Å². The lowest BCUT2D eigenvalue weighted by atomic mass is 9.30. The van der Waals surface area contributed by atoms with Crippen LogP contribution in [-0.2, 0) is 5.41 Å². The zero-order valence-electron chi connectivity index (χ0n) is 12.8. The normalized spacial score (nSPS) is 53.4. The van der Waals surface area contributed by atoms with E-state index in [9.17, 15) is 5.11 Å². The molecule has 4 unspecified atom stereocenters. The smallest absolute Gasteiger partial charge is 0.128 e. The van der Waals surface area contributed by atoms with Gasteiger partial charge in [0.2, 0.25) is 0 Å². The molecule has 0 aromatic heterocycles. The quantitative estimate of drug-likeness (QED) is 0.654. The Morgan fingerprint density at radius 2 is 1.59 bits per heavy atom. The fourth-order valence-electron chi connectivity index (χ4n) is 8.30. The molecule has 0 aliphatic heterocycles. The molecule has 116 valence electrons. The highest BCUT2D eigenvalue weighted by Gasteiger charge is 2.70. The Morgan fingerprint density at radius 1 is 0.909 bits per heavy atom. The minimum Gasteiger partial charge on any atom is -0.507 e. The molecule has 7 aliphatic rings. The Hall–Kier alpha value is -0.250. The summed E-state index contributed by atoms with van der Waals surface area (Å²) >= 11 is 2.32. The average molecular weight is 406 g/mol. The van der Waals surface area contributed by atoms with E-state index < -0.39 is 0 Å². The van der Waals surface area contributed by atoms with Gasteiger partial charge >= 0.3 is 0 Å². The Balaban J connectivity index is 1.57. The van der Waals surface area contributed by atoms with Crippen LogP contribution in [0.5, 0.6) is 5.75 Å². The first kappa shape index (κ1) is 13.1. The lowest BCUT2D eigenvalue weighted by molar-refractivity contribution is -0.220. The SMILES string of the molecule is Oc1ccc(C23CC4CC5C6CC(CC52)CC3C6C4)cc1I. The highest BCUT2D eigenvalue weighted by atomic mass is 127. The molecule has 1 aromatic carbocycles. The minimum atomic E-state index is 0.460. The monoisotopic (exact) mass is 406 g/mol. The minimum absolute atomic E-state index is 0.460. The first-order valence-electron chi connectivity index (χ1n) is 9.16. The summed E-state index contributed by atoms with van der Waals surface area (Å²) in [6.07, 6.45) is 9.13. The molecule has 7 aliphatic carbocycles. The second-order valence-corrected chi connectivity index (χ2v) is 10.2. The second-order valence-electron chi connectivity index (χ2n) is 9.03. The average Bonchev–Trinajstić information content (AvgIpc) is 2.54. The number of phenols is 1. The molecule has 0 saturated heterocycles. The molecular weight excluding hydrogens is 383 g/mol. The van der Waals surface area contributed by atoms with Crippen LogP contribution in [0.15, 0.2) is 18.2 Å². The molecule has 1 aromatic rings. The van der Waals surface area contributed by atoms with Gasteiger partial charge in [-0.05, 0) is 120 Å². The lowest BCUT2D eigenvalue weighted by Crippen LogP contribution is -2.69. The van der Waals surface area contributed by atoms with Crippen molar-refractivity contribution in [3.63, 3.8) is 0 Å². The van der Waals surface area contributed by atoms with Gasteiger partial charge < -0.3 is 5.11 Å². The largest absolute Gasteiger partial charge is 0.507 e. The van der Waals surface area contributed by atoms with Crippen molar-refractivity contribution < 1.29 is 5.11 Å². The maximum Gasteiger partial charge on any atom is 0.128 e. The summed E-state index contributed by atoms with van der Waals surface area (Å²) in [7, 11) is 0. The number of phenolic OH excluding ortho intramolecular Hbond substituents is 1. The molecule has 4 atom stereocenters. The molecule has 1 nitrogen and oxygen atoms in total. The number of aromatic hydroxyl groups is 1. The van der Waals surface area contributed by atoms with Crippen LogP contribution in [0.25, 0.3) is 0 Å². The molecule has 1 N–H and O–H groups in total. The van der Waals surface area contributed by atoms with Crippen molar-refractivity contribution in [2.45, 2.75) is 43.9 Å². The van der Waals surface area contributed by atoms with Crippen LogP contribution in [-0.4, -0.2) is 5.11 Å². The third kappa shape index (κ3) is 1.35. The predicted octanol–water partition coefficient (Wildman–Crippen LogP) is 4.96. The van der Waals surface area contributed by atoms with E-state index in [1.807, 2.05) is 6.07 Å². The summed E-state index contributed by atoms with van der Waals surface area (Å²) < 4.78 is 1.05. The van der Waals surface area contributed by atoms with E-state index in [2.05, 4.69) is 34.7 Å². The summed E-state index contributed by atoms with van der Waals surface area (Å²) in [4.78, 5) is 0. The first-order valence-corrected chi connectivity index (χ1v) is 10.2. The molecule has 0 radical (unpaired) electrons. The predicted molar refractivity (Wildman–Crippen MR) is 94.6 cm³/mol. The lowest BCUT2D eigenvalue weighted by Gasteiger charge is -2.74. The summed E-state index contributed by atoms with van der Waals surface area (Å²) in [5.41, 5.74) is 2.07. The fourth-order valence-corrected chi connectivity index (χ4v) is 8.81. The van der Waals surface area contributed by atoms with Crippen LogP contribution < -0.4 is 0 Å². The number of halogens is 1. The molecule has 2 heteroatoms. The molecule has 0 amide bonds. The molecule has 22 heavy (non-hydrogen) atoms. The van der Waals surface area contributed by atoms with E-state index in [-0.39, 0.29) is 0 Å². The molecule has 0 heterocycles. The third-order valence-corrected chi connectivity index (χ3v) is 9.42. The number of hydrogen-bond acceptors (Lipinski definition) is 1. The van der Waals surface area contributed by atoms with Gasteiger partial charge in [-0.1, -0.05) is 6.07 Å². The summed E-state index contributed by atoms with van der Waals surface area (Å²) in [5.74, 6) is 7.59. The van der Waals surface area contributed by atoms with E-state index in [4.69, 9.17) is 0 Å². The zero-order chi connectivity index (χ0) is 14.6. The third-order valence-electron chi connectivity index (χ3n) is 8.56. The van der Waals surface area contributed by atoms with Crippen molar-refractivity contribution in [2.24, 2.45) is 41.4 Å². The summed E-state index contributed by atoms with van der Waals surface area (Å²) in [6.45, 7) is 0. The van der Waals surface area contributed by atoms with E-state index >= 15 is 0 Å². The van der Waals surface area contributed by atoms with Crippen LogP contribution in [0.1, 0.15) is 44.1 Å². The Morgan fingerprint density at radius 3 is 2.27 bits per heavy atom. The Labute approximate surface area is 146 Å². The zero-order valence-corrected chi connectivity index (χ0v) is 15.0.